The molecule has 4 aliphatic rings. The number of allylic oxidation sites excluding steroid dienone is 3. The molecule has 0 aromatic heterocycles. The molecule has 0 bridgehead atoms. The minimum absolute atomic E-state index is 0.126. The summed E-state index contributed by atoms with van der Waals surface area (Å²) in [5.74, 6) is 0.357. The number of hydrogen-bond acceptors (Lipinski definition) is 6. The van der Waals surface area contributed by atoms with Crippen LogP contribution in [0, 0.1) is 16.7 Å². The van der Waals surface area contributed by atoms with Crippen molar-refractivity contribution in [2.24, 2.45) is 5.41 Å². The summed E-state index contributed by atoms with van der Waals surface area (Å²) < 4.78 is 5.81. The van der Waals surface area contributed by atoms with E-state index in [1.807, 2.05) is 12.1 Å². The van der Waals surface area contributed by atoms with Crippen LogP contribution in [0.2, 0.25) is 0 Å². The lowest BCUT2D eigenvalue weighted by atomic mass is 9.87. The number of nitriles is 1. The summed E-state index contributed by atoms with van der Waals surface area (Å²) in [6.07, 6.45) is 10.2. The molecule has 1 unspecified atom stereocenters. The Morgan fingerprint density at radius 2 is 1.97 bits per heavy atom. The highest BCUT2D eigenvalue weighted by atomic mass is 16.5. The molecule has 1 aliphatic carbocycles. The lowest BCUT2D eigenvalue weighted by Crippen LogP contribution is -2.52. The van der Waals surface area contributed by atoms with Gasteiger partial charge in [-0.2, -0.15) is 5.26 Å². The van der Waals surface area contributed by atoms with E-state index in [0.29, 0.717) is 36.8 Å². The highest BCUT2D eigenvalue weighted by Crippen LogP contribution is 2.45. The van der Waals surface area contributed by atoms with Gasteiger partial charge in [-0.1, -0.05) is 30.4 Å². The molecule has 3 amide bonds. The van der Waals surface area contributed by atoms with Gasteiger partial charge < -0.3 is 9.64 Å². The van der Waals surface area contributed by atoms with E-state index < -0.39 is 6.04 Å². The number of piperidine rings is 2. The fourth-order valence-electron chi connectivity index (χ4n) is 5.74. The third-order valence-electron chi connectivity index (χ3n) is 8.42. The average molecular weight is 529 g/mol. The SMILES string of the molecule is C=C/C(=C\C=C(/C)CN1CCC(c2ccc3c(c2)CN(C2CCC(=O)NC2=O)C3=O)CC1)OCC1(C#N)CC1. The van der Waals surface area contributed by atoms with Crippen LogP contribution in [0.4, 0.5) is 0 Å². The molecule has 8 heteroatoms. The molecule has 8 nitrogen and oxygen atoms in total. The fraction of sp³-hybridized carbons (Fsp3) is 0.484. The summed E-state index contributed by atoms with van der Waals surface area (Å²) in [5, 5.41) is 11.6. The second-order valence-electron chi connectivity index (χ2n) is 11.3. The zero-order valence-electron chi connectivity index (χ0n) is 22.6. The number of fused-ring (bicyclic) bond motifs is 1. The van der Waals surface area contributed by atoms with Crippen LogP contribution in [0.25, 0.3) is 0 Å². The van der Waals surface area contributed by atoms with Crippen LogP contribution in [0.1, 0.15) is 72.9 Å². The molecule has 1 saturated carbocycles. The van der Waals surface area contributed by atoms with Crippen molar-refractivity contribution in [1.82, 2.24) is 15.1 Å². The van der Waals surface area contributed by atoms with Gasteiger partial charge >= 0.3 is 0 Å². The van der Waals surface area contributed by atoms with E-state index in [4.69, 9.17) is 4.74 Å². The second kappa shape index (κ2) is 11.2. The van der Waals surface area contributed by atoms with Gasteiger partial charge in [0.25, 0.3) is 5.91 Å². The minimum atomic E-state index is -0.582. The summed E-state index contributed by atoms with van der Waals surface area (Å²) in [6.45, 7) is 9.66. The highest BCUT2D eigenvalue weighted by molar-refractivity contribution is 6.05. The first kappa shape index (κ1) is 26.9. The molecule has 3 fully saturated rings. The summed E-state index contributed by atoms with van der Waals surface area (Å²) in [4.78, 5) is 40.9. The van der Waals surface area contributed by atoms with Crippen LogP contribution < -0.4 is 5.32 Å². The molecular weight excluding hydrogens is 492 g/mol. The number of amides is 3. The van der Waals surface area contributed by atoms with Crippen LogP contribution in [-0.2, 0) is 20.9 Å². The number of likely N-dealkylation sites (tertiary alicyclic amines) is 1. The van der Waals surface area contributed by atoms with Crippen molar-refractivity contribution in [1.29, 1.82) is 5.26 Å². The molecule has 3 heterocycles. The molecule has 39 heavy (non-hydrogen) atoms. The smallest absolute Gasteiger partial charge is 0.255 e. The van der Waals surface area contributed by atoms with E-state index in [0.717, 1.165) is 50.9 Å². The van der Waals surface area contributed by atoms with Gasteiger partial charge in [0.15, 0.2) is 0 Å². The van der Waals surface area contributed by atoms with E-state index in [1.165, 1.54) is 11.1 Å². The molecule has 1 N–H and O–H groups in total. The Balaban J connectivity index is 1.13. The first-order valence-corrected chi connectivity index (χ1v) is 13.8. The van der Waals surface area contributed by atoms with E-state index in [1.54, 1.807) is 11.0 Å². The molecule has 1 aromatic carbocycles. The Morgan fingerprint density at radius 1 is 1.21 bits per heavy atom. The number of benzene rings is 1. The van der Waals surface area contributed by atoms with Crippen molar-refractivity contribution in [3.63, 3.8) is 0 Å². The maximum atomic E-state index is 13.0. The normalized spacial score (nSPS) is 23.7. The standard InChI is InChI=1S/C31H36N4O4/c1-3-25(39-20-31(19-32)12-13-31)6-4-21(2)17-34-14-10-22(11-15-34)23-5-7-26-24(16-23)18-35(30(26)38)27-8-9-28(36)33-29(27)37/h3-7,16,22,27H,1,8-15,17-18,20H2,2H3,(H,33,36,37)/b21-4+,25-6+. The lowest BCUT2D eigenvalue weighted by Gasteiger charge is -2.32. The average Bonchev–Trinajstić information content (AvgIpc) is 3.65. The van der Waals surface area contributed by atoms with Gasteiger partial charge in [0.05, 0.1) is 11.5 Å². The predicted octanol–water partition coefficient (Wildman–Crippen LogP) is 3.96. The quantitative estimate of drug-likeness (QED) is 0.296. The van der Waals surface area contributed by atoms with Gasteiger partial charge in [0, 0.05) is 25.1 Å². The van der Waals surface area contributed by atoms with Crippen LogP contribution >= 0.6 is 0 Å². The van der Waals surface area contributed by atoms with Gasteiger partial charge in [-0.25, -0.2) is 0 Å². The van der Waals surface area contributed by atoms with Crippen molar-refractivity contribution >= 4 is 17.7 Å². The Hall–Kier alpha value is -3.70. The summed E-state index contributed by atoms with van der Waals surface area (Å²) >= 11 is 0. The molecule has 5 rings (SSSR count). The maximum absolute atomic E-state index is 13.0. The van der Waals surface area contributed by atoms with Crippen molar-refractivity contribution < 1.29 is 19.1 Å². The minimum Gasteiger partial charge on any atom is -0.492 e. The Morgan fingerprint density at radius 3 is 2.64 bits per heavy atom. The first-order valence-electron chi connectivity index (χ1n) is 13.8. The van der Waals surface area contributed by atoms with Gasteiger partial charge in [-0.3, -0.25) is 24.6 Å². The molecule has 1 atom stereocenters. The Kier molecular flexibility index (Phi) is 7.72. The monoisotopic (exact) mass is 528 g/mol. The van der Waals surface area contributed by atoms with E-state index in [2.05, 4.69) is 48.0 Å². The number of nitrogens with one attached hydrogen (secondary N) is 1. The third kappa shape index (κ3) is 5.99. The Labute approximate surface area is 230 Å². The van der Waals surface area contributed by atoms with Crippen molar-refractivity contribution in [2.75, 3.05) is 26.2 Å². The lowest BCUT2D eigenvalue weighted by molar-refractivity contribution is -0.136. The molecule has 204 valence electrons. The number of rotatable bonds is 9. The van der Waals surface area contributed by atoms with Crippen LogP contribution in [0.15, 0.2) is 54.3 Å². The second-order valence-corrected chi connectivity index (χ2v) is 11.3. The zero-order valence-corrected chi connectivity index (χ0v) is 22.6. The van der Waals surface area contributed by atoms with Crippen molar-refractivity contribution in [3.05, 3.63) is 71.0 Å². The molecule has 1 aromatic rings. The van der Waals surface area contributed by atoms with E-state index in [-0.39, 0.29) is 29.6 Å². The highest BCUT2D eigenvalue weighted by Gasteiger charge is 2.44. The number of carbonyl (C=O) groups is 3. The maximum Gasteiger partial charge on any atom is 0.255 e. The summed E-state index contributed by atoms with van der Waals surface area (Å²) in [6, 6.07) is 7.88. The summed E-state index contributed by atoms with van der Waals surface area (Å²) in [7, 11) is 0. The summed E-state index contributed by atoms with van der Waals surface area (Å²) in [5.41, 5.74) is 3.82. The predicted molar refractivity (Wildman–Crippen MR) is 146 cm³/mol. The van der Waals surface area contributed by atoms with Gasteiger partial charge in [-0.05, 0) is 87.4 Å². The zero-order chi connectivity index (χ0) is 27.6. The molecule has 0 spiro atoms. The molecular formula is C31H36N4O4. The number of carbonyl (C=O) groups excluding carboxylic acids is 3. The topological polar surface area (TPSA) is 103 Å². The first-order chi connectivity index (χ1) is 18.8. The van der Waals surface area contributed by atoms with Gasteiger partial charge in [0.1, 0.15) is 18.4 Å². The number of imide groups is 1. The van der Waals surface area contributed by atoms with E-state index in [9.17, 15) is 19.6 Å². The number of ether oxygens (including phenoxy) is 1. The number of nitrogens with zero attached hydrogens (tertiary/aromatic N) is 3. The van der Waals surface area contributed by atoms with Crippen LogP contribution in [0.3, 0.4) is 0 Å². The van der Waals surface area contributed by atoms with E-state index >= 15 is 0 Å². The van der Waals surface area contributed by atoms with Gasteiger partial charge in [-0.15, -0.1) is 0 Å². The fourth-order valence-corrected chi connectivity index (χ4v) is 5.74. The molecule has 3 aliphatic heterocycles. The molecule has 0 radical (unpaired) electrons. The van der Waals surface area contributed by atoms with Crippen LogP contribution in [0.5, 0.6) is 0 Å². The van der Waals surface area contributed by atoms with Crippen molar-refractivity contribution in [2.45, 2.75) is 64.0 Å². The number of hydrogen-bond donors (Lipinski definition) is 1. The van der Waals surface area contributed by atoms with Gasteiger partial charge in [0.2, 0.25) is 11.8 Å². The third-order valence-corrected chi connectivity index (χ3v) is 8.42. The molecule has 2 saturated heterocycles. The van der Waals surface area contributed by atoms with Crippen molar-refractivity contribution in [3.8, 4) is 6.07 Å². The van der Waals surface area contributed by atoms with Crippen LogP contribution in [-0.4, -0.2) is 59.8 Å². The Bertz CT molecular complexity index is 1280. The largest absolute Gasteiger partial charge is 0.492 e.